The van der Waals surface area contributed by atoms with Crippen LogP contribution in [0.5, 0.6) is 0 Å². The first-order valence-electron chi connectivity index (χ1n) is 11.3. The maximum Gasteiger partial charge on any atom is 0.257 e. The van der Waals surface area contributed by atoms with Gasteiger partial charge < -0.3 is 14.2 Å². The van der Waals surface area contributed by atoms with E-state index < -0.39 is 0 Å². The summed E-state index contributed by atoms with van der Waals surface area (Å²) in [6.45, 7) is 2.48. The summed E-state index contributed by atoms with van der Waals surface area (Å²) in [6, 6.07) is 21.2. The first kappa shape index (κ1) is 20.7. The van der Waals surface area contributed by atoms with E-state index in [4.69, 9.17) is 9.68 Å². The van der Waals surface area contributed by atoms with Crippen LogP contribution in [0.2, 0.25) is 0 Å². The monoisotopic (exact) mass is 463 g/mol. The third kappa shape index (κ3) is 3.81. The number of rotatable bonds is 4. The first-order chi connectivity index (χ1) is 17.2. The lowest BCUT2D eigenvalue weighted by Crippen LogP contribution is -2.49. The number of nitrogens with one attached hydrogen (secondary N) is 2. The Morgan fingerprint density at radius 1 is 1.00 bits per heavy atom. The zero-order chi connectivity index (χ0) is 23.8. The summed E-state index contributed by atoms with van der Waals surface area (Å²) in [5, 5.41) is 24.5. The van der Waals surface area contributed by atoms with E-state index in [1.54, 1.807) is 18.3 Å². The molecule has 1 aliphatic rings. The molecule has 0 saturated carbocycles. The molecule has 4 heterocycles. The maximum atomic E-state index is 13.3. The van der Waals surface area contributed by atoms with Crippen molar-refractivity contribution >= 4 is 22.7 Å². The standard InChI is InChI=1S/C26H21N7O2/c27-15-17-5-7-18(8-6-17)21-14-24(30-29-21)32-9-11-33(12-10-32)26(34)20-16-28-31-25(20)23-13-19-3-1-2-4-22(19)35-23/h1-8,13-14,16H,9-12H2,(H,28,31)(H,29,30). The molecule has 2 N–H and O–H groups in total. The molecule has 3 aromatic heterocycles. The second-order valence-corrected chi connectivity index (χ2v) is 8.42. The first-order valence-corrected chi connectivity index (χ1v) is 11.3. The van der Waals surface area contributed by atoms with Crippen molar-refractivity contribution in [3.8, 4) is 28.8 Å². The quantitative estimate of drug-likeness (QED) is 0.415. The van der Waals surface area contributed by atoms with Gasteiger partial charge in [0.25, 0.3) is 5.91 Å². The van der Waals surface area contributed by atoms with E-state index >= 15 is 0 Å². The molecule has 0 spiro atoms. The third-order valence-electron chi connectivity index (χ3n) is 6.32. The van der Waals surface area contributed by atoms with Gasteiger partial charge in [-0.3, -0.25) is 15.0 Å². The third-order valence-corrected chi connectivity index (χ3v) is 6.32. The fraction of sp³-hybridized carbons (Fsp3) is 0.154. The summed E-state index contributed by atoms with van der Waals surface area (Å²) < 4.78 is 5.94. The van der Waals surface area contributed by atoms with Crippen molar-refractivity contribution in [2.75, 3.05) is 31.1 Å². The molecule has 0 radical (unpaired) electrons. The Morgan fingerprint density at radius 2 is 1.80 bits per heavy atom. The number of piperazine rings is 1. The van der Waals surface area contributed by atoms with Crippen LogP contribution in [0.1, 0.15) is 15.9 Å². The minimum Gasteiger partial charge on any atom is -0.454 e. The number of anilines is 1. The number of amides is 1. The zero-order valence-corrected chi connectivity index (χ0v) is 18.7. The maximum absolute atomic E-state index is 13.3. The van der Waals surface area contributed by atoms with Crippen molar-refractivity contribution in [2.24, 2.45) is 0 Å². The Balaban J connectivity index is 1.14. The number of carbonyl (C=O) groups excluding carboxylic acids is 1. The number of para-hydroxylation sites is 1. The van der Waals surface area contributed by atoms with Gasteiger partial charge in [-0.15, -0.1) is 0 Å². The number of aromatic nitrogens is 4. The van der Waals surface area contributed by atoms with Crippen LogP contribution < -0.4 is 4.90 Å². The number of hydrogen-bond donors (Lipinski definition) is 2. The van der Waals surface area contributed by atoms with E-state index in [0.717, 1.165) is 28.0 Å². The normalized spacial score (nSPS) is 13.8. The lowest BCUT2D eigenvalue weighted by atomic mass is 10.1. The topological polar surface area (TPSA) is 118 Å². The van der Waals surface area contributed by atoms with Gasteiger partial charge in [0.15, 0.2) is 11.6 Å². The lowest BCUT2D eigenvalue weighted by molar-refractivity contribution is 0.0747. The number of H-pyrrole nitrogens is 2. The predicted octanol–water partition coefficient (Wildman–Crippen LogP) is 4.05. The van der Waals surface area contributed by atoms with E-state index in [1.165, 1.54) is 0 Å². The summed E-state index contributed by atoms with van der Waals surface area (Å²) in [7, 11) is 0. The fourth-order valence-corrected chi connectivity index (χ4v) is 4.40. The second-order valence-electron chi connectivity index (χ2n) is 8.42. The highest BCUT2D eigenvalue weighted by atomic mass is 16.3. The summed E-state index contributed by atoms with van der Waals surface area (Å²) in [5.74, 6) is 1.36. The highest BCUT2D eigenvalue weighted by molar-refractivity contribution is 6.00. The fourth-order valence-electron chi connectivity index (χ4n) is 4.40. The summed E-state index contributed by atoms with van der Waals surface area (Å²) in [4.78, 5) is 17.3. The van der Waals surface area contributed by atoms with Crippen molar-refractivity contribution in [1.82, 2.24) is 25.3 Å². The number of aromatic amines is 2. The van der Waals surface area contributed by atoms with Gasteiger partial charge >= 0.3 is 0 Å². The highest BCUT2D eigenvalue weighted by Crippen LogP contribution is 2.29. The molecular formula is C26H21N7O2. The van der Waals surface area contributed by atoms with E-state index in [9.17, 15) is 4.79 Å². The van der Waals surface area contributed by atoms with E-state index in [2.05, 4.69) is 31.4 Å². The Kier molecular flexibility index (Phi) is 5.04. The van der Waals surface area contributed by atoms with Gasteiger partial charge in [-0.1, -0.05) is 30.3 Å². The van der Waals surface area contributed by atoms with Crippen molar-refractivity contribution in [3.63, 3.8) is 0 Å². The summed E-state index contributed by atoms with van der Waals surface area (Å²) in [5.41, 5.74) is 4.33. The SMILES string of the molecule is N#Cc1ccc(-c2cc(N3CCN(C(=O)c4cn[nH]c4-c4cc5ccccc5o4)CC3)n[nH]2)cc1. The number of nitrogens with zero attached hydrogens (tertiary/aromatic N) is 5. The predicted molar refractivity (Wildman–Crippen MR) is 131 cm³/mol. The van der Waals surface area contributed by atoms with Crippen LogP contribution in [-0.2, 0) is 0 Å². The molecule has 1 fully saturated rings. The average Bonchev–Trinajstić information content (AvgIpc) is 3.67. The number of carbonyl (C=O) groups is 1. The molecule has 1 aliphatic heterocycles. The molecule has 0 bridgehead atoms. The van der Waals surface area contributed by atoms with Crippen LogP contribution in [0.3, 0.4) is 0 Å². The number of nitriles is 1. The van der Waals surface area contributed by atoms with Crippen molar-refractivity contribution in [1.29, 1.82) is 5.26 Å². The highest BCUT2D eigenvalue weighted by Gasteiger charge is 2.27. The molecular weight excluding hydrogens is 442 g/mol. The Hall–Kier alpha value is -4.84. The van der Waals surface area contributed by atoms with Gasteiger partial charge in [-0.2, -0.15) is 15.5 Å². The van der Waals surface area contributed by atoms with Crippen LogP contribution in [0.4, 0.5) is 5.82 Å². The van der Waals surface area contributed by atoms with E-state index in [1.807, 2.05) is 53.4 Å². The smallest absolute Gasteiger partial charge is 0.257 e. The minimum atomic E-state index is -0.0749. The van der Waals surface area contributed by atoms with E-state index in [-0.39, 0.29) is 5.91 Å². The molecule has 5 aromatic rings. The van der Waals surface area contributed by atoms with Gasteiger partial charge in [-0.25, -0.2) is 0 Å². The summed E-state index contributed by atoms with van der Waals surface area (Å²) >= 11 is 0. The van der Waals surface area contributed by atoms with Crippen molar-refractivity contribution in [2.45, 2.75) is 0 Å². The molecule has 2 aromatic carbocycles. The number of furan rings is 1. The van der Waals surface area contributed by atoms with Crippen LogP contribution in [0.25, 0.3) is 33.7 Å². The molecule has 6 rings (SSSR count). The van der Waals surface area contributed by atoms with Crippen molar-refractivity contribution < 1.29 is 9.21 Å². The van der Waals surface area contributed by atoms with Crippen LogP contribution in [0, 0.1) is 11.3 Å². The average molecular weight is 464 g/mol. The molecule has 1 amide bonds. The number of benzene rings is 2. The zero-order valence-electron chi connectivity index (χ0n) is 18.7. The minimum absolute atomic E-state index is 0.0749. The lowest BCUT2D eigenvalue weighted by Gasteiger charge is -2.34. The van der Waals surface area contributed by atoms with E-state index in [0.29, 0.717) is 48.8 Å². The van der Waals surface area contributed by atoms with Crippen LogP contribution in [-0.4, -0.2) is 57.4 Å². The van der Waals surface area contributed by atoms with Gasteiger partial charge in [-0.05, 0) is 29.8 Å². The molecule has 35 heavy (non-hydrogen) atoms. The molecule has 0 atom stereocenters. The second kappa shape index (κ2) is 8.50. The van der Waals surface area contributed by atoms with Crippen LogP contribution in [0.15, 0.2) is 71.3 Å². The van der Waals surface area contributed by atoms with Gasteiger partial charge in [0.05, 0.1) is 29.1 Å². The van der Waals surface area contributed by atoms with Gasteiger partial charge in [0.2, 0.25) is 0 Å². The number of fused-ring (bicyclic) bond motifs is 1. The van der Waals surface area contributed by atoms with Crippen molar-refractivity contribution in [3.05, 3.63) is 78.0 Å². The molecule has 0 unspecified atom stereocenters. The van der Waals surface area contributed by atoms with Gasteiger partial charge in [0, 0.05) is 37.6 Å². The molecule has 9 nitrogen and oxygen atoms in total. The molecule has 172 valence electrons. The summed E-state index contributed by atoms with van der Waals surface area (Å²) in [6.07, 6.45) is 1.56. The largest absolute Gasteiger partial charge is 0.454 e. The Bertz CT molecular complexity index is 1510. The molecule has 1 saturated heterocycles. The van der Waals surface area contributed by atoms with Gasteiger partial charge in [0.1, 0.15) is 11.3 Å². The Labute approximate surface area is 200 Å². The van der Waals surface area contributed by atoms with Crippen LogP contribution >= 0.6 is 0 Å². The molecule has 0 aliphatic carbocycles. The molecule has 9 heteroatoms. The Morgan fingerprint density at radius 3 is 2.57 bits per heavy atom. The number of hydrogen-bond acceptors (Lipinski definition) is 6.